The predicted molar refractivity (Wildman–Crippen MR) is 135 cm³/mol. The average Bonchev–Trinajstić information content (AvgIpc) is 3.33. The second kappa shape index (κ2) is 10.5. The minimum atomic E-state index is -3.92. The van der Waals surface area contributed by atoms with Crippen LogP contribution in [0.15, 0.2) is 47.4 Å². The monoisotopic (exact) mass is 516 g/mol. The molecule has 0 fully saturated rings. The van der Waals surface area contributed by atoms with Gasteiger partial charge in [0.2, 0.25) is 16.8 Å². The molecule has 0 saturated carbocycles. The number of rotatable bonds is 6. The molecule has 0 spiro atoms. The molecule has 0 saturated heterocycles. The van der Waals surface area contributed by atoms with Gasteiger partial charge in [0.1, 0.15) is 16.7 Å². The van der Waals surface area contributed by atoms with Gasteiger partial charge in [0.25, 0.3) is 5.91 Å². The lowest BCUT2D eigenvalue weighted by Crippen LogP contribution is -2.50. The van der Waals surface area contributed by atoms with Crippen molar-refractivity contribution in [3.63, 3.8) is 0 Å². The Labute approximate surface area is 211 Å². The minimum absolute atomic E-state index is 0.0395. The third-order valence-electron chi connectivity index (χ3n) is 6.47. The summed E-state index contributed by atoms with van der Waals surface area (Å²) in [6, 6.07) is 9.37. The summed E-state index contributed by atoms with van der Waals surface area (Å²) in [6.45, 7) is 5.60. The summed E-state index contributed by atoms with van der Waals surface area (Å²) in [5.41, 5.74) is 1.25. The zero-order chi connectivity index (χ0) is 26.0. The topological polar surface area (TPSA) is 106 Å². The summed E-state index contributed by atoms with van der Waals surface area (Å²) in [5.74, 6) is 0.843. The maximum atomic E-state index is 13.5. The van der Waals surface area contributed by atoms with Crippen LogP contribution in [0.3, 0.4) is 0 Å². The van der Waals surface area contributed by atoms with Crippen molar-refractivity contribution in [2.24, 2.45) is 5.92 Å². The van der Waals surface area contributed by atoms with E-state index in [-0.39, 0.29) is 49.0 Å². The standard InChI is InChI=1S/C26H32N2O7S/c1-5-6-19-7-10-25-23(11-19)35-24(17(2)13-28(18(3)15-29)36(25,31)32)14-27(4)26(30)20-8-9-21-22(12-20)34-16-33-21/h5-12,17-18,24,29H,13-16H2,1-4H3/b6-5+/t17-,18+,24+/m0/s1. The number of carbonyl (C=O) groups is 1. The molecule has 0 aromatic heterocycles. The Hall–Kier alpha value is -3.08. The Kier molecular flexibility index (Phi) is 7.58. The van der Waals surface area contributed by atoms with Gasteiger partial charge in [-0.15, -0.1) is 0 Å². The van der Waals surface area contributed by atoms with Crippen molar-refractivity contribution in [3.8, 4) is 17.2 Å². The van der Waals surface area contributed by atoms with Gasteiger partial charge in [-0.1, -0.05) is 25.1 Å². The highest BCUT2D eigenvalue weighted by molar-refractivity contribution is 7.89. The number of sulfonamides is 1. The largest absolute Gasteiger partial charge is 0.487 e. The number of benzene rings is 2. The van der Waals surface area contributed by atoms with Gasteiger partial charge >= 0.3 is 0 Å². The summed E-state index contributed by atoms with van der Waals surface area (Å²) in [4.78, 5) is 14.8. The molecule has 1 N–H and O–H groups in total. The molecule has 36 heavy (non-hydrogen) atoms. The maximum Gasteiger partial charge on any atom is 0.253 e. The molecular formula is C26H32N2O7S. The van der Waals surface area contributed by atoms with Crippen LogP contribution in [0.25, 0.3) is 6.08 Å². The molecule has 3 atom stereocenters. The van der Waals surface area contributed by atoms with E-state index in [0.29, 0.717) is 17.1 Å². The number of aliphatic hydroxyl groups excluding tert-OH is 1. The molecule has 2 aliphatic rings. The lowest BCUT2D eigenvalue weighted by atomic mass is 10.0. The zero-order valence-corrected chi connectivity index (χ0v) is 21.7. The molecular weight excluding hydrogens is 484 g/mol. The lowest BCUT2D eigenvalue weighted by Gasteiger charge is -2.37. The summed E-state index contributed by atoms with van der Waals surface area (Å²) in [7, 11) is -2.23. The van der Waals surface area contributed by atoms with E-state index in [0.717, 1.165) is 5.56 Å². The van der Waals surface area contributed by atoms with Crippen molar-refractivity contribution in [1.82, 2.24) is 9.21 Å². The molecule has 0 unspecified atom stereocenters. The van der Waals surface area contributed by atoms with Crippen LogP contribution < -0.4 is 14.2 Å². The van der Waals surface area contributed by atoms with Gasteiger partial charge < -0.3 is 24.2 Å². The van der Waals surface area contributed by atoms with E-state index in [9.17, 15) is 18.3 Å². The first-order chi connectivity index (χ1) is 17.1. The summed E-state index contributed by atoms with van der Waals surface area (Å²) in [6.07, 6.45) is 3.21. The molecule has 2 aromatic carbocycles. The number of fused-ring (bicyclic) bond motifs is 2. The van der Waals surface area contributed by atoms with Gasteiger partial charge in [-0.2, -0.15) is 4.31 Å². The number of ether oxygens (including phenoxy) is 3. The van der Waals surface area contributed by atoms with E-state index in [4.69, 9.17) is 14.2 Å². The number of likely N-dealkylation sites (N-methyl/N-ethyl adjacent to an activating group) is 1. The molecule has 2 heterocycles. The number of hydrogen-bond acceptors (Lipinski definition) is 7. The summed E-state index contributed by atoms with van der Waals surface area (Å²) < 4.78 is 45.4. The quantitative estimate of drug-likeness (QED) is 0.629. The molecule has 2 aliphatic heterocycles. The average molecular weight is 517 g/mol. The molecule has 0 aliphatic carbocycles. The van der Waals surface area contributed by atoms with Crippen molar-refractivity contribution in [2.45, 2.75) is 37.8 Å². The third kappa shape index (κ3) is 5.07. The van der Waals surface area contributed by atoms with Gasteiger partial charge in [0.05, 0.1) is 13.2 Å². The molecule has 0 radical (unpaired) electrons. The van der Waals surface area contributed by atoms with Crippen LogP contribution in [0.2, 0.25) is 0 Å². The van der Waals surface area contributed by atoms with Crippen LogP contribution in [0, 0.1) is 5.92 Å². The fourth-order valence-corrected chi connectivity index (χ4v) is 6.18. The molecule has 10 heteroatoms. The fraction of sp³-hybridized carbons (Fsp3) is 0.423. The first-order valence-electron chi connectivity index (χ1n) is 11.9. The zero-order valence-electron chi connectivity index (χ0n) is 20.9. The number of nitrogens with zero attached hydrogens (tertiary/aromatic N) is 2. The Bertz CT molecular complexity index is 1260. The van der Waals surface area contributed by atoms with Crippen molar-refractivity contribution in [3.05, 3.63) is 53.6 Å². The van der Waals surface area contributed by atoms with Crippen molar-refractivity contribution < 1.29 is 32.5 Å². The molecule has 9 nitrogen and oxygen atoms in total. The highest BCUT2D eigenvalue weighted by atomic mass is 32.2. The van der Waals surface area contributed by atoms with Crippen LogP contribution in [0.4, 0.5) is 0 Å². The first-order valence-corrected chi connectivity index (χ1v) is 13.3. The highest BCUT2D eigenvalue weighted by Crippen LogP contribution is 2.35. The van der Waals surface area contributed by atoms with Crippen molar-refractivity contribution >= 4 is 22.0 Å². The third-order valence-corrected chi connectivity index (χ3v) is 8.49. The Morgan fingerprint density at radius 2 is 1.94 bits per heavy atom. The maximum absolute atomic E-state index is 13.5. The lowest BCUT2D eigenvalue weighted by molar-refractivity contribution is 0.0563. The van der Waals surface area contributed by atoms with Gasteiger partial charge in [-0.3, -0.25) is 4.79 Å². The van der Waals surface area contributed by atoms with Crippen LogP contribution in [-0.4, -0.2) is 74.3 Å². The number of aliphatic hydroxyl groups is 1. The number of allylic oxidation sites excluding steroid dienone is 1. The van der Waals surface area contributed by atoms with Gasteiger partial charge in [-0.25, -0.2) is 8.42 Å². The van der Waals surface area contributed by atoms with Gasteiger partial charge in [0.15, 0.2) is 11.5 Å². The molecule has 4 rings (SSSR count). The Balaban J connectivity index is 1.66. The van der Waals surface area contributed by atoms with E-state index in [1.807, 2.05) is 26.0 Å². The van der Waals surface area contributed by atoms with E-state index < -0.39 is 22.2 Å². The van der Waals surface area contributed by atoms with Gasteiger partial charge in [-0.05, 0) is 49.7 Å². The van der Waals surface area contributed by atoms with E-state index in [2.05, 4.69) is 0 Å². The highest BCUT2D eigenvalue weighted by Gasteiger charge is 2.38. The predicted octanol–water partition coefficient (Wildman–Crippen LogP) is 2.99. The van der Waals surface area contributed by atoms with E-state index in [1.165, 1.54) is 10.4 Å². The van der Waals surface area contributed by atoms with Crippen LogP contribution in [0.5, 0.6) is 17.2 Å². The molecule has 0 bridgehead atoms. The minimum Gasteiger partial charge on any atom is -0.487 e. The SMILES string of the molecule is C/C=C/c1ccc2c(c1)O[C@H](CN(C)C(=O)c1ccc3c(c1)OCO3)[C@@H](C)CN([C@H](C)CO)S2(=O)=O. The molecule has 2 aromatic rings. The summed E-state index contributed by atoms with van der Waals surface area (Å²) >= 11 is 0. The first kappa shape index (κ1) is 26.0. The smallest absolute Gasteiger partial charge is 0.253 e. The van der Waals surface area contributed by atoms with Crippen LogP contribution in [-0.2, 0) is 10.0 Å². The van der Waals surface area contributed by atoms with Gasteiger partial charge in [0, 0.05) is 31.1 Å². The second-order valence-electron chi connectivity index (χ2n) is 9.20. The van der Waals surface area contributed by atoms with Crippen LogP contribution >= 0.6 is 0 Å². The normalized spacial score (nSPS) is 21.8. The Morgan fingerprint density at radius 3 is 2.67 bits per heavy atom. The Morgan fingerprint density at radius 1 is 1.19 bits per heavy atom. The summed E-state index contributed by atoms with van der Waals surface area (Å²) in [5, 5.41) is 9.79. The number of carbonyl (C=O) groups excluding carboxylic acids is 1. The molecule has 1 amide bonds. The van der Waals surface area contributed by atoms with E-state index >= 15 is 0 Å². The number of amides is 1. The molecule has 194 valence electrons. The van der Waals surface area contributed by atoms with Crippen LogP contribution in [0.1, 0.15) is 36.7 Å². The van der Waals surface area contributed by atoms with Crippen molar-refractivity contribution in [1.29, 1.82) is 0 Å². The van der Waals surface area contributed by atoms with E-state index in [1.54, 1.807) is 49.2 Å². The van der Waals surface area contributed by atoms with Crippen molar-refractivity contribution in [2.75, 3.05) is 33.5 Å². The second-order valence-corrected chi connectivity index (χ2v) is 11.1. The fourth-order valence-electron chi connectivity index (χ4n) is 4.36. The number of hydrogen-bond donors (Lipinski definition) is 1.